The number of rotatable bonds is 5. The molecule has 0 spiro atoms. The molecule has 0 aliphatic carbocycles. The number of halogens is 4. The van der Waals surface area contributed by atoms with Gasteiger partial charge in [-0.2, -0.15) is 13.2 Å². The fourth-order valence-corrected chi connectivity index (χ4v) is 4.17. The van der Waals surface area contributed by atoms with Crippen molar-refractivity contribution in [2.24, 2.45) is 0 Å². The number of carboxylic acid groups (broad SMARTS) is 1. The van der Waals surface area contributed by atoms with E-state index in [4.69, 9.17) is 26.5 Å². The minimum Gasteiger partial charge on any atom is -0.475 e. The fraction of sp³-hybridized carbons (Fsp3) is 0.240. The summed E-state index contributed by atoms with van der Waals surface area (Å²) in [6.45, 7) is 1.26. The van der Waals surface area contributed by atoms with Crippen LogP contribution in [0.2, 0.25) is 5.02 Å². The van der Waals surface area contributed by atoms with Gasteiger partial charge in [-0.3, -0.25) is 4.79 Å². The van der Waals surface area contributed by atoms with Crippen LogP contribution in [0.15, 0.2) is 67.1 Å². The highest BCUT2D eigenvalue weighted by Crippen LogP contribution is 2.34. The zero-order chi connectivity index (χ0) is 27.3. The molecule has 1 aliphatic rings. The lowest BCUT2D eigenvalue weighted by atomic mass is 10.2. The number of alkyl halides is 3. The second kappa shape index (κ2) is 11.5. The number of imidazole rings is 1. The van der Waals surface area contributed by atoms with Gasteiger partial charge in [-0.15, -0.1) is 0 Å². The maximum absolute atomic E-state index is 13.0. The van der Waals surface area contributed by atoms with Crippen LogP contribution in [-0.2, 0) is 11.3 Å². The predicted octanol–water partition coefficient (Wildman–Crippen LogP) is 4.68. The SMILES string of the molecule is O=C(NCc1ccc(Cl)cc1)c1nc(C2CCCN2c2ncccn2)n2ccccc12.O=C(O)C(F)(F)F. The molecule has 1 amide bonds. The molecule has 4 heterocycles. The average Bonchev–Trinajstić information content (AvgIpc) is 3.54. The van der Waals surface area contributed by atoms with E-state index in [1.54, 1.807) is 12.4 Å². The van der Waals surface area contributed by atoms with Crippen molar-refractivity contribution in [2.45, 2.75) is 31.6 Å². The third-order valence-corrected chi connectivity index (χ3v) is 6.01. The summed E-state index contributed by atoms with van der Waals surface area (Å²) in [7, 11) is 0. The molecule has 4 aromatic rings. The Hall–Kier alpha value is -4.19. The van der Waals surface area contributed by atoms with E-state index in [0.717, 1.165) is 36.3 Å². The van der Waals surface area contributed by atoms with E-state index in [-0.39, 0.29) is 11.9 Å². The number of aromatic nitrogens is 4. The third-order valence-electron chi connectivity index (χ3n) is 5.76. The van der Waals surface area contributed by atoms with Gasteiger partial charge in [0.25, 0.3) is 5.91 Å². The number of carbonyl (C=O) groups is 2. The second-order valence-electron chi connectivity index (χ2n) is 8.29. The Morgan fingerprint density at radius 2 is 1.76 bits per heavy atom. The molecule has 1 saturated heterocycles. The first kappa shape index (κ1) is 26.9. The molecule has 5 rings (SSSR count). The van der Waals surface area contributed by atoms with Crippen molar-refractivity contribution in [2.75, 3.05) is 11.4 Å². The predicted molar refractivity (Wildman–Crippen MR) is 133 cm³/mol. The second-order valence-corrected chi connectivity index (χ2v) is 8.72. The molecular formula is C25H22ClF3N6O3. The first-order chi connectivity index (χ1) is 18.1. The summed E-state index contributed by atoms with van der Waals surface area (Å²) >= 11 is 5.94. The van der Waals surface area contributed by atoms with E-state index in [1.165, 1.54) is 0 Å². The number of benzene rings is 1. The molecular weight excluding hydrogens is 525 g/mol. The van der Waals surface area contributed by atoms with Crippen LogP contribution in [-0.4, -0.2) is 49.1 Å². The van der Waals surface area contributed by atoms with Crippen molar-refractivity contribution in [3.05, 3.63) is 89.2 Å². The topological polar surface area (TPSA) is 113 Å². The van der Waals surface area contributed by atoms with Crippen LogP contribution in [0, 0.1) is 0 Å². The van der Waals surface area contributed by atoms with Gasteiger partial charge in [-0.1, -0.05) is 29.8 Å². The van der Waals surface area contributed by atoms with Gasteiger partial charge in [0.2, 0.25) is 5.95 Å². The van der Waals surface area contributed by atoms with Crippen LogP contribution in [0.4, 0.5) is 19.1 Å². The highest BCUT2D eigenvalue weighted by atomic mass is 35.5. The molecule has 1 unspecified atom stereocenters. The minimum atomic E-state index is -5.08. The minimum absolute atomic E-state index is 0.00937. The Kier molecular flexibility index (Phi) is 8.10. The standard InChI is InChI=1S/C23H21ClN6O.C2HF3O2/c24-17-9-7-16(8-10-17)15-27-22(31)20-18-5-1-2-13-29(18)21(28-20)19-6-3-14-30(19)23-25-11-4-12-26-23;3-2(4,5)1(6)7/h1-2,4-5,7-13,19H,3,6,14-15H2,(H,27,31);(H,6,7). The van der Waals surface area contributed by atoms with Crippen molar-refractivity contribution in [1.82, 2.24) is 24.7 Å². The van der Waals surface area contributed by atoms with Gasteiger partial charge in [0.05, 0.1) is 11.6 Å². The van der Waals surface area contributed by atoms with Gasteiger partial charge < -0.3 is 19.7 Å². The van der Waals surface area contributed by atoms with Crippen LogP contribution in [0.25, 0.3) is 5.52 Å². The number of nitrogens with one attached hydrogen (secondary N) is 1. The molecule has 1 fully saturated rings. The van der Waals surface area contributed by atoms with E-state index in [1.807, 2.05) is 59.1 Å². The molecule has 0 saturated carbocycles. The molecule has 1 atom stereocenters. The first-order valence-electron chi connectivity index (χ1n) is 11.5. The lowest BCUT2D eigenvalue weighted by Crippen LogP contribution is -2.26. The molecule has 3 aromatic heterocycles. The van der Waals surface area contributed by atoms with E-state index in [9.17, 15) is 18.0 Å². The number of hydrogen-bond donors (Lipinski definition) is 2. The normalized spacial score (nSPS) is 15.2. The summed E-state index contributed by atoms with van der Waals surface area (Å²) in [4.78, 5) is 37.7. The highest BCUT2D eigenvalue weighted by Gasteiger charge is 2.38. The van der Waals surface area contributed by atoms with E-state index in [2.05, 4.69) is 20.2 Å². The summed E-state index contributed by atoms with van der Waals surface area (Å²) in [6, 6.07) is 15.0. The Bertz CT molecular complexity index is 1410. The quantitative estimate of drug-likeness (QED) is 0.373. The van der Waals surface area contributed by atoms with Crippen molar-refractivity contribution in [3.8, 4) is 0 Å². The first-order valence-corrected chi connectivity index (χ1v) is 11.9. The van der Waals surface area contributed by atoms with Gasteiger partial charge in [-0.05, 0) is 48.7 Å². The fourth-order valence-electron chi connectivity index (χ4n) is 4.05. The van der Waals surface area contributed by atoms with Crippen LogP contribution < -0.4 is 10.2 Å². The Morgan fingerprint density at radius 3 is 2.42 bits per heavy atom. The van der Waals surface area contributed by atoms with Gasteiger partial charge in [0.1, 0.15) is 5.82 Å². The lowest BCUT2D eigenvalue weighted by Gasteiger charge is -2.23. The molecule has 0 bridgehead atoms. The van der Waals surface area contributed by atoms with Crippen LogP contribution in [0.5, 0.6) is 0 Å². The number of carboxylic acids is 1. The molecule has 198 valence electrons. The smallest absolute Gasteiger partial charge is 0.475 e. The van der Waals surface area contributed by atoms with Crippen LogP contribution in [0.1, 0.15) is 40.8 Å². The van der Waals surface area contributed by atoms with E-state index >= 15 is 0 Å². The van der Waals surface area contributed by atoms with Crippen molar-refractivity contribution in [3.63, 3.8) is 0 Å². The summed E-state index contributed by atoms with van der Waals surface area (Å²) < 4.78 is 33.7. The molecule has 1 aromatic carbocycles. The Balaban J connectivity index is 0.000000426. The van der Waals surface area contributed by atoms with Crippen LogP contribution in [0.3, 0.4) is 0 Å². The third kappa shape index (κ3) is 6.20. The molecule has 38 heavy (non-hydrogen) atoms. The molecule has 0 radical (unpaired) electrons. The molecule has 9 nitrogen and oxygen atoms in total. The number of carbonyl (C=O) groups excluding carboxylic acids is 1. The molecule has 2 N–H and O–H groups in total. The number of pyridine rings is 1. The monoisotopic (exact) mass is 546 g/mol. The number of aliphatic carboxylic acids is 1. The van der Waals surface area contributed by atoms with Crippen molar-refractivity contribution < 1.29 is 27.9 Å². The van der Waals surface area contributed by atoms with Gasteiger partial charge in [0, 0.05) is 36.7 Å². The molecule has 1 aliphatic heterocycles. The number of fused-ring (bicyclic) bond motifs is 1. The van der Waals surface area contributed by atoms with Crippen molar-refractivity contribution >= 4 is 34.9 Å². The number of amides is 1. The molecule has 13 heteroatoms. The summed E-state index contributed by atoms with van der Waals surface area (Å²) in [6.07, 6.45) is 2.31. The highest BCUT2D eigenvalue weighted by molar-refractivity contribution is 6.30. The average molecular weight is 547 g/mol. The van der Waals surface area contributed by atoms with Gasteiger partial charge in [0.15, 0.2) is 5.69 Å². The lowest BCUT2D eigenvalue weighted by molar-refractivity contribution is -0.192. The van der Waals surface area contributed by atoms with Crippen LogP contribution >= 0.6 is 11.6 Å². The number of hydrogen-bond acceptors (Lipinski definition) is 6. The zero-order valence-corrected chi connectivity index (χ0v) is 20.5. The van der Waals surface area contributed by atoms with E-state index in [0.29, 0.717) is 23.2 Å². The number of nitrogens with zero attached hydrogens (tertiary/aromatic N) is 5. The van der Waals surface area contributed by atoms with E-state index < -0.39 is 12.1 Å². The zero-order valence-electron chi connectivity index (χ0n) is 19.8. The Labute approximate surface area is 219 Å². The van der Waals surface area contributed by atoms with Gasteiger partial charge >= 0.3 is 12.1 Å². The van der Waals surface area contributed by atoms with Crippen molar-refractivity contribution in [1.29, 1.82) is 0 Å². The summed E-state index contributed by atoms with van der Waals surface area (Å²) in [5, 5.41) is 10.8. The maximum atomic E-state index is 13.0. The number of anilines is 1. The van der Waals surface area contributed by atoms with Gasteiger partial charge in [-0.25, -0.2) is 19.7 Å². The Morgan fingerprint density at radius 1 is 1.08 bits per heavy atom. The largest absolute Gasteiger partial charge is 0.490 e. The summed E-state index contributed by atoms with van der Waals surface area (Å²) in [5.41, 5.74) is 2.18. The maximum Gasteiger partial charge on any atom is 0.490 e. The summed E-state index contributed by atoms with van der Waals surface area (Å²) in [5.74, 6) is -1.44.